The number of aliphatic hydroxyl groups excluding tert-OH is 1. The van der Waals surface area contributed by atoms with Crippen LogP contribution >= 0.6 is 0 Å². The molecular weight excluding hydrogens is 223 g/mol. The predicted molar refractivity (Wildman–Crippen MR) is 61.3 cm³/mol. The number of rotatable bonds is 3. The Labute approximate surface area is 97.5 Å². The van der Waals surface area contributed by atoms with Crippen molar-refractivity contribution in [3.63, 3.8) is 0 Å². The molecule has 17 heavy (non-hydrogen) atoms. The van der Waals surface area contributed by atoms with Crippen molar-refractivity contribution < 1.29 is 14.3 Å². The van der Waals surface area contributed by atoms with E-state index < -0.39 is 0 Å². The normalized spacial score (nSPS) is 15.7. The number of aliphatic hydroxyl groups is 1. The van der Waals surface area contributed by atoms with Crippen LogP contribution in [-0.2, 0) is 11.3 Å². The van der Waals surface area contributed by atoms with Gasteiger partial charge in [0.1, 0.15) is 11.6 Å². The van der Waals surface area contributed by atoms with Crippen LogP contribution in [0.2, 0.25) is 0 Å². The molecule has 0 atom stereocenters. The van der Waals surface area contributed by atoms with Crippen LogP contribution in [0.5, 0.6) is 0 Å². The molecule has 1 aliphatic heterocycles. The van der Waals surface area contributed by atoms with Gasteiger partial charge in [0, 0.05) is 6.21 Å². The standard InChI is InChI=1S/C12H11FN2O2/c13-9-3-1-8(2-4-9)5-14-6-10-11(16)7-15-12(10)17/h1-4,6,16H,5,7H2,(H,15,17). The summed E-state index contributed by atoms with van der Waals surface area (Å²) in [7, 11) is 0. The molecular formula is C12H11FN2O2. The average molecular weight is 234 g/mol. The summed E-state index contributed by atoms with van der Waals surface area (Å²) in [5.41, 5.74) is 1.02. The number of hydrogen-bond acceptors (Lipinski definition) is 3. The first-order valence-electron chi connectivity index (χ1n) is 5.11. The zero-order valence-electron chi connectivity index (χ0n) is 8.98. The highest BCUT2D eigenvalue weighted by Crippen LogP contribution is 2.07. The minimum absolute atomic E-state index is 0.00199. The smallest absolute Gasteiger partial charge is 0.256 e. The third-order valence-corrected chi connectivity index (χ3v) is 2.38. The van der Waals surface area contributed by atoms with E-state index in [4.69, 9.17) is 0 Å². The van der Waals surface area contributed by atoms with E-state index in [0.717, 1.165) is 5.56 Å². The minimum atomic E-state index is -0.328. The molecule has 0 saturated carbocycles. The van der Waals surface area contributed by atoms with E-state index in [1.165, 1.54) is 18.3 Å². The molecule has 1 aromatic rings. The van der Waals surface area contributed by atoms with Crippen LogP contribution in [0.15, 0.2) is 40.6 Å². The molecule has 0 fully saturated rings. The fourth-order valence-electron chi connectivity index (χ4n) is 1.45. The van der Waals surface area contributed by atoms with E-state index in [1.807, 2.05) is 0 Å². The van der Waals surface area contributed by atoms with Gasteiger partial charge < -0.3 is 10.4 Å². The zero-order chi connectivity index (χ0) is 12.3. The number of nitrogens with one attached hydrogen (secondary N) is 1. The Morgan fingerprint density at radius 3 is 2.71 bits per heavy atom. The average Bonchev–Trinajstić information content (AvgIpc) is 2.63. The molecule has 0 spiro atoms. The number of benzene rings is 1. The van der Waals surface area contributed by atoms with Crippen LogP contribution in [0.1, 0.15) is 5.56 Å². The highest BCUT2D eigenvalue weighted by molar-refractivity contribution is 6.14. The lowest BCUT2D eigenvalue weighted by Crippen LogP contribution is -2.17. The van der Waals surface area contributed by atoms with E-state index >= 15 is 0 Å². The summed E-state index contributed by atoms with van der Waals surface area (Å²) in [6.45, 7) is 0.487. The van der Waals surface area contributed by atoms with Crippen molar-refractivity contribution in [3.05, 3.63) is 47.0 Å². The fourth-order valence-corrected chi connectivity index (χ4v) is 1.45. The summed E-state index contributed by atoms with van der Waals surface area (Å²) in [6.07, 6.45) is 1.33. The highest BCUT2D eigenvalue weighted by atomic mass is 19.1. The molecule has 1 aliphatic rings. The monoisotopic (exact) mass is 234 g/mol. The van der Waals surface area contributed by atoms with E-state index in [0.29, 0.717) is 6.54 Å². The van der Waals surface area contributed by atoms with Gasteiger partial charge in [0.05, 0.1) is 18.7 Å². The number of carbonyl (C=O) groups is 1. The van der Waals surface area contributed by atoms with Gasteiger partial charge in [-0.05, 0) is 17.7 Å². The van der Waals surface area contributed by atoms with E-state index in [1.54, 1.807) is 12.1 Å². The molecule has 0 bridgehead atoms. The largest absolute Gasteiger partial charge is 0.510 e. The van der Waals surface area contributed by atoms with Crippen molar-refractivity contribution in [3.8, 4) is 0 Å². The first-order valence-corrected chi connectivity index (χ1v) is 5.11. The van der Waals surface area contributed by atoms with Crippen molar-refractivity contribution in [2.45, 2.75) is 6.54 Å². The number of carbonyl (C=O) groups excluding carboxylic acids is 1. The molecule has 5 heteroatoms. The van der Waals surface area contributed by atoms with Crippen LogP contribution in [0, 0.1) is 5.82 Å². The molecule has 0 aliphatic carbocycles. The van der Waals surface area contributed by atoms with Gasteiger partial charge in [0.2, 0.25) is 0 Å². The van der Waals surface area contributed by atoms with Gasteiger partial charge in [-0.3, -0.25) is 9.79 Å². The van der Waals surface area contributed by atoms with Crippen LogP contribution in [-0.4, -0.2) is 23.8 Å². The second-order valence-electron chi connectivity index (χ2n) is 3.64. The summed E-state index contributed by atoms with van der Waals surface area (Å²) in [5.74, 6) is -0.628. The maximum Gasteiger partial charge on any atom is 0.256 e. The number of nitrogens with zero attached hydrogens (tertiary/aromatic N) is 1. The van der Waals surface area contributed by atoms with Gasteiger partial charge in [-0.15, -0.1) is 0 Å². The first kappa shape index (κ1) is 11.3. The molecule has 2 rings (SSSR count). The Morgan fingerprint density at radius 1 is 1.41 bits per heavy atom. The molecule has 1 amide bonds. The lowest BCUT2D eigenvalue weighted by atomic mass is 10.2. The quantitative estimate of drug-likeness (QED) is 0.775. The third-order valence-electron chi connectivity index (χ3n) is 2.38. The van der Waals surface area contributed by atoms with Gasteiger partial charge in [0.25, 0.3) is 5.91 Å². The fraction of sp³-hybridized carbons (Fsp3) is 0.167. The zero-order valence-corrected chi connectivity index (χ0v) is 8.98. The number of halogens is 1. The second kappa shape index (κ2) is 4.78. The van der Waals surface area contributed by atoms with Crippen LogP contribution < -0.4 is 5.32 Å². The van der Waals surface area contributed by atoms with Crippen molar-refractivity contribution in [2.75, 3.05) is 6.54 Å². The molecule has 0 saturated heterocycles. The van der Waals surface area contributed by atoms with Gasteiger partial charge in [-0.2, -0.15) is 0 Å². The summed E-state index contributed by atoms with van der Waals surface area (Å²) in [6, 6.07) is 5.94. The Kier molecular flexibility index (Phi) is 3.18. The summed E-state index contributed by atoms with van der Waals surface area (Å²) in [4.78, 5) is 15.2. The van der Waals surface area contributed by atoms with Gasteiger partial charge in [-0.25, -0.2) is 4.39 Å². The highest BCUT2D eigenvalue weighted by Gasteiger charge is 2.19. The number of aliphatic imine (C=N–C) groups is 1. The predicted octanol–water partition coefficient (Wildman–Crippen LogP) is 1.34. The second-order valence-corrected chi connectivity index (χ2v) is 3.64. The summed E-state index contributed by atoms with van der Waals surface area (Å²) >= 11 is 0. The van der Waals surface area contributed by atoms with Gasteiger partial charge in [-0.1, -0.05) is 12.1 Å². The molecule has 88 valence electrons. The Hall–Kier alpha value is -2.17. The summed E-state index contributed by atoms with van der Waals surface area (Å²) < 4.78 is 12.6. The van der Waals surface area contributed by atoms with E-state index in [2.05, 4.69) is 10.3 Å². The molecule has 0 radical (unpaired) electrons. The maximum atomic E-state index is 12.6. The van der Waals surface area contributed by atoms with Crippen LogP contribution in [0.25, 0.3) is 0 Å². The molecule has 1 heterocycles. The van der Waals surface area contributed by atoms with Crippen LogP contribution in [0.3, 0.4) is 0 Å². The van der Waals surface area contributed by atoms with E-state index in [9.17, 15) is 14.3 Å². The molecule has 0 aromatic heterocycles. The third kappa shape index (κ3) is 2.69. The first-order chi connectivity index (χ1) is 8.16. The Morgan fingerprint density at radius 2 is 2.12 bits per heavy atom. The lowest BCUT2D eigenvalue weighted by Gasteiger charge is -1.96. The number of hydrogen-bond donors (Lipinski definition) is 2. The van der Waals surface area contributed by atoms with Crippen molar-refractivity contribution in [1.82, 2.24) is 5.32 Å². The lowest BCUT2D eigenvalue weighted by molar-refractivity contribution is -0.116. The van der Waals surface area contributed by atoms with Gasteiger partial charge >= 0.3 is 0 Å². The topological polar surface area (TPSA) is 61.7 Å². The van der Waals surface area contributed by atoms with E-state index in [-0.39, 0.29) is 29.6 Å². The maximum absolute atomic E-state index is 12.6. The van der Waals surface area contributed by atoms with Crippen molar-refractivity contribution in [1.29, 1.82) is 0 Å². The van der Waals surface area contributed by atoms with Crippen molar-refractivity contribution >= 4 is 12.1 Å². The molecule has 1 aromatic carbocycles. The molecule has 2 N–H and O–H groups in total. The van der Waals surface area contributed by atoms with Crippen LogP contribution in [0.4, 0.5) is 4.39 Å². The SMILES string of the molecule is O=C1NCC(O)=C1C=NCc1ccc(F)cc1. The molecule has 0 unspecified atom stereocenters. The molecule has 4 nitrogen and oxygen atoms in total. The van der Waals surface area contributed by atoms with Crippen molar-refractivity contribution in [2.24, 2.45) is 4.99 Å². The number of amides is 1. The summed E-state index contributed by atoms with van der Waals surface area (Å²) in [5, 5.41) is 11.8. The minimum Gasteiger partial charge on any atom is -0.510 e. The Balaban J connectivity index is 2.01. The Bertz CT molecular complexity index is 492. The van der Waals surface area contributed by atoms with Gasteiger partial charge in [0.15, 0.2) is 0 Å².